The molecule has 0 radical (unpaired) electrons. The van der Waals surface area contributed by atoms with Crippen molar-refractivity contribution in [2.45, 2.75) is 38.7 Å². The molecule has 72 valence electrons. The van der Waals surface area contributed by atoms with Crippen molar-refractivity contribution >= 4 is 11.5 Å². The van der Waals surface area contributed by atoms with Crippen molar-refractivity contribution in [3.05, 3.63) is 11.1 Å². The molecular formula is C9H14N2OS. The van der Waals surface area contributed by atoms with E-state index in [4.69, 9.17) is 0 Å². The van der Waals surface area contributed by atoms with E-state index in [-0.39, 0.29) is 0 Å². The maximum Gasteiger partial charge on any atom is 0.0784 e. The Bertz CT molecular complexity index is 287. The van der Waals surface area contributed by atoms with Crippen LogP contribution in [0.15, 0.2) is 5.38 Å². The Labute approximate surface area is 82.0 Å². The summed E-state index contributed by atoms with van der Waals surface area (Å²) in [7, 11) is 0. The second-order valence-electron chi connectivity index (χ2n) is 4.82. The molecule has 1 aromatic rings. The molecule has 4 heteroatoms. The fourth-order valence-corrected chi connectivity index (χ4v) is 2.90. The molecule has 1 aromatic heterocycles. The highest BCUT2D eigenvalue weighted by Crippen LogP contribution is 2.49. The molecular weight excluding hydrogens is 184 g/mol. The average Bonchev–Trinajstić information content (AvgIpc) is 2.33. The number of rotatable bonds is 2. The smallest absolute Gasteiger partial charge is 0.0784 e. The summed E-state index contributed by atoms with van der Waals surface area (Å²) in [6.45, 7) is 4.36. The molecule has 1 heterocycles. The van der Waals surface area contributed by atoms with Crippen molar-refractivity contribution in [1.29, 1.82) is 0 Å². The molecule has 0 aliphatic heterocycles. The summed E-state index contributed by atoms with van der Waals surface area (Å²) in [4.78, 5) is 0. The summed E-state index contributed by atoms with van der Waals surface area (Å²) >= 11 is 1.34. The summed E-state index contributed by atoms with van der Waals surface area (Å²) in [5.41, 5.74) is 0.709. The second-order valence-corrected chi connectivity index (χ2v) is 5.42. The quantitative estimate of drug-likeness (QED) is 0.785. The van der Waals surface area contributed by atoms with Crippen LogP contribution in [0.5, 0.6) is 0 Å². The first-order valence-corrected chi connectivity index (χ1v) is 5.31. The third-order valence-electron chi connectivity index (χ3n) is 2.53. The highest BCUT2D eigenvalue weighted by molar-refractivity contribution is 7.03. The van der Waals surface area contributed by atoms with E-state index in [0.29, 0.717) is 11.8 Å². The van der Waals surface area contributed by atoms with E-state index in [1.165, 1.54) is 11.5 Å². The zero-order valence-corrected chi connectivity index (χ0v) is 8.77. The normalized spacial score (nSPS) is 23.9. The van der Waals surface area contributed by atoms with E-state index in [9.17, 15) is 5.11 Å². The van der Waals surface area contributed by atoms with Crippen LogP contribution in [0.1, 0.15) is 32.4 Å². The first kappa shape index (κ1) is 9.09. The van der Waals surface area contributed by atoms with Crippen LogP contribution in [0, 0.1) is 5.41 Å². The monoisotopic (exact) mass is 198 g/mol. The average molecular weight is 198 g/mol. The van der Waals surface area contributed by atoms with Gasteiger partial charge in [-0.15, -0.1) is 5.10 Å². The fraction of sp³-hybridized carbons (Fsp3) is 0.778. The predicted molar refractivity (Wildman–Crippen MR) is 51.6 cm³/mol. The lowest BCUT2D eigenvalue weighted by Gasteiger charge is -2.49. The van der Waals surface area contributed by atoms with Crippen molar-refractivity contribution in [3.63, 3.8) is 0 Å². The molecule has 13 heavy (non-hydrogen) atoms. The lowest BCUT2D eigenvalue weighted by atomic mass is 9.60. The number of hydrogen-bond acceptors (Lipinski definition) is 4. The Morgan fingerprint density at radius 3 is 2.69 bits per heavy atom. The van der Waals surface area contributed by atoms with Gasteiger partial charge in [0.2, 0.25) is 0 Å². The SMILES string of the molecule is CC1(C)CC(O)(Cc2csnn2)C1. The Morgan fingerprint density at radius 1 is 1.54 bits per heavy atom. The van der Waals surface area contributed by atoms with Gasteiger partial charge >= 0.3 is 0 Å². The van der Waals surface area contributed by atoms with Gasteiger partial charge < -0.3 is 5.11 Å². The molecule has 1 saturated carbocycles. The molecule has 0 bridgehead atoms. The van der Waals surface area contributed by atoms with Crippen LogP contribution in [0.2, 0.25) is 0 Å². The van der Waals surface area contributed by atoms with Crippen molar-refractivity contribution < 1.29 is 5.11 Å². The first-order valence-electron chi connectivity index (χ1n) is 4.48. The van der Waals surface area contributed by atoms with Crippen LogP contribution < -0.4 is 0 Å². The molecule has 0 atom stereocenters. The lowest BCUT2D eigenvalue weighted by Crippen LogP contribution is -2.50. The Morgan fingerprint density at radius 2 is 2.23 bits per heavy atom. The van der Waals surface area contributed by atoms with Gasteiger partial charge in [0.1, 0.15) is 0 Å². The molecule has 0 unspecified atom stereocenters. The van der Waals surface area contributed by atoms with Gasteiger partial charge in [0, 0.05) is 11.8 Å². The topological polar surface area (TPSA) is 46.0 Å². The van der Waals surface area contributed by atoms with Crippen molar-refractivity contribution in [3.8, 4) is 0 Å². The van der Waals surface area contributed by atoms with E-state index >= 15 is 0 Å². The van der Waals surface area contributed by atoms with Crippen LogP contribution >= 0.6 is 11.5 Å². The zero-order chi connectivity index (χ0) is 9.53. The van der Waals surface area contributed by atoms with Crippen LogP contribution in [0.4, 0.5) is 0 Å². The highest BCUT2D eigenvalue weighted by atomic mass is 32.1. The van der Waals surface area contributed by atoms with E-state index < -0.39 is 5.60 Å². The molecule has 3 nitrogen and oxygen atoms in total. The van der Waals surface area contributed by atoms with Gasteiger partial charge in [0.15, 0.2) is 0 Å². The van der Waals surface area contributed by atoms with Gasteiger partial charge in [0.25, 0.3) is 0 Å². The van der Waals surface area contributed by atoms with Gasteiger partial charge in [-0.25, -0.2) is 0 Å². The van der Waals surface area contributed by atoms with Gasteiger partial charge in [-0.05, 0) is 29.8 Å². The molecule has 1 aliphatic rings. The molecule has 0 spiro atoms. The molecule has 2 rings (SSSR count). The largest absolute Gasteiger partial charge is 0.389 e. The molecule has 1 aliphatic carbocycles. The summed E-state index contributed by atoms with van der Waals surface area (Å²) < 4.78 is 3.78. The van der Waals surface area contributed by atoms with Gasteiger partial charge in [-0.1, -0.05) is 18.3 Å². The Kier molecular flexibility index (Phi) is 1.92. The number of aliphatic hydroxyl groups is 1. The minimum Gasteiger partial charge on any atom is -0.389 e. The van der Waals surface area contributed by atoms with E-state index in [2.05, 4.69) is 23.4 Å². The highest BCUT2D eigenvalue weighted by Gasteiger charge is 2.47. The molecule has 0 aromatic carbocycles. The third kappa shape index (κ3) is 1.89. The molecule has 1 fully saturated rings. The number of hydrogen-bond donors (Lipinski definition) is 1. The zero-order valence-electron chi connectivity index (χ0n) is 7.95. The fourth-order valence-electron chi connectivity index (χ4n) is 2.45. The minimum atomic E-state index is -0.515. The Hall–Kier alpha value is -0.480. The van der Waals surface area contributed by atoms with Crippen LogP contribution in [-0.4, -0.2) is 20.3 Å². The maximum absolute atomic E-state index is 10.1. The van der Waals surface area contributed by atoms with E-state index in [1.54, 1.807) is 0 Å². The second kappa shape index (κ2) is 2.75. The van der Waals surface area contributed by atoms with Crippen LogP contribution in [0.25, 0.3) is 0 Å². The summed E-state index contributed by atoms with van der Waals surface area (Å²) in [5.74, 6) is 0. The standard InChI is InChI=1S/C9H14N2OS/c1-8(2)5-9(12,6-8)3-7-4-13-11-10-7/h4,12H,3,5-6H2,1-2H3. The van der Waals surface area contributed by atoms with Crippen molar-refractivity contribution in [2.24, 2.45) is 5.41 Å². The van der Waals surface area contributed by atoms with Crippen LogP contribution in [0.3, 0.4) is 0 Å². The Balaban J connectivity index is 1.97. The van der Waals surface area contributed by atoms with E-state index in [0.717, 1.165) is 18.5 Å². The molecule has 1 N–H and O–H groups in total. The van der Waals surface area contributed by atoms with Gasteiger partial charge in [-0.2, -0.15) is 0 Å². The maximum atomic E-state index is 10.1. The first-order chi connectivity index (χ1) is 5.99. The third-order valence-corrected chi connectivity index (χ3v) is 3.08. The summed E-state index contributed by atoms with van der Waals surface area (Å²) in [5, 5.41) is 15.9. The predicted octanol–water partition coefficient (Wildman–Crippen LogP) is 1.63. The van der Waals surface area contributed by atoms with Crippen LogP contribution in [-0.2, 0) is 6.42 Å². The van der Waals surface area contributed by atoms with E-state index in [1.807, 2.05) is 5.38 Å². The molecule has 0 amide bonds. The summed E-state index contributed by atoms with van der Waals surface area (Å²) in [6, 6.07) is 0. The van der Waals surface area contributed by atoms with Gasteiger partial charge in [0.05, 0.1) is 11.3 Å². The number of aromatic nitrogens is 2. The minimum absolute atomic E-state index is 0.304. The van der Waals surface area contributed by atoms with Crippen molar-refractivity contribution in [2.75, 3.05) is 0 Å². The molecule has 0 saturated heterocycles. The van der Waals surface area contributed by atoms with Crippen molar-refractivity contribution in [1.82, 2.24) is 9.59 Å². The number of nitrogens with zero attached hydrogens (tertiary/aromatic N) is 2. The van der Waals surface area contributed by atoms with Gasteiger partial charge in [-0.3, -0.25) is 0 Å². The lowest BCUT2D eigenvalue weighted by molar-refractivity contribution is -0.112. The summed E-state index contributed by atoms with van der Waals surface area (Å²) in [6.07, 6.45) is 2.40.